The monoisotopic (exact) mass is 652 g/mol. The average Bonchev–Trinajstić information content (AvgIpc) is 3.35. The molecule has 5 rings (SSSR count). The van der Waals surface area contributed by atoms with Crippen molar-refractivity contribution in [2.75, 3.05) is 27.4 Å². The Kier molecular flexibility index (Phi) is 9.90. The molecule has 0 N–H and O–H groups in total. The van der Waals surface area contributed by atoms with Crippen LogP contribution in [0.2, 0.25) is 5.02 Å². The van der Waals surface area contributed by atoms with Crippen LogP contribution < -0.4 is 33.8 Å². The lowest BCUT2D eigenvalue weighted by atomic mass is 9.97. The van der Waals surface area contributed by atoms with Crippen molar-refractivity contribution in [3.8, 4) is 23.0 Å². The van der Waals surface area contributed by atoms with Gasteiger partial charge >= 0.3 is 5.97 Å². The van der Waals surface area contributed by atoms with Crippen molar-refractivity contribution in [1.82, 2.24) is 4.57 Å². The van der Waals surface area contributed by atoms with Gasteiger partial charge in [-0.3, -0.25) is 9.36 Å². The van der Waals surface area contributed by atoms with E-state index in [2.05, 4.69) is 4.99 Å². The van der Waals surface area contributed by atoms with E-state index in [0.717, 1.165) is 16.9 Å². The van der Waals surface area contributed by atoms with Crippen LogP contribution in [0.1, 0.15) is 36.6 Å². The van der Waals surface area contributed by atoms with Crippen LogP contribution >= 0.6 is 22.9 Å². The van der Waals surface area contributed by atoms with Gasteiger partial charge in [0, 0.05) is 6.20 Å². The third kappa shape index (κ3) is 6.74. The third-order valence-electron chi connectivity index (χ3n) is 6.85. The number of fused-ring (bicyclic) bond motifs is 1. The van der Waals surface area contributed by atoms with Gasteiger partial charge in [0.05, 0.1) is 48.6 Å². The van der Waals surface area contributed by atoms with Gasteiger partial charge in [-0.15, -0.1) is 0 Å². The third-order valence-corrected chi connectivity index (χ3v) is 8.13. The van der Waals surface area contributed by atoms with Gasteiger partial charge in [0.2, 0.25) is 0 Å². The normalized spacial score (nSPS) is 14.2. The molecule has 0 saturated carbocycles. The van der Waals surface area contributed by atoms with Crippen LogP contribution in [0.25, 0.3) is 6.08 Å². The van der Waals surface area contributed by atoms with E-state index in [9.17, 15) is 14.0 Å². The largest absolute Gasteiger partial charge is 0.493 e. The first-order valence-electron chi connectivity index (χ1n) is 14.0. The van der Waals surface area contributed by atoms with Crippen LogP contribution in [0.4, 0.5) is 4.39 Å². The number of esters is 1. The molecule has 1 atom stereocenters. The Bertz CT molecular complexity index is 1940. The van der Waals surface area contributed by atoms with E-state index in [4.69, 9.17) is 35.3 Å². The fraction of sp³-hybridized carbons (Fsp3) is 0.242. The van der Waals surface area contributed by atoms with Crippen LogP contribution in [0.15, 0.2) is 76.2 Å². The Morgan fingerprint density at radius 3 is 2.42 bits per heavy atom. The Balaban J connectivity index is 1.56. The maximum Gasteiger partial charge on any atom is 0.337 e. The lowest BCUT2D eigenvalue weighted by Crippen LogP contribution is -2.39. The standard InChI is InChI=1S/C33H30ClFN2O7S/c1-5-42-25-12-9-21(16-26(25)43-6-2)29-23(32(39)41-4)17-36-33-37(29)31(38)28(45-33)15-20-13-24(34)30(27(14-20)40-3)44-18-19-7-10-22(35)11-8-19/h7-17,29H,5-6,18H2,1-4H3/b28-15-/t29-/m1/s1. The van der Waals surface area contributed by atoms with E-state index in [0.29, 0.717) is 56.7 Å². The quantitative estimate of drug-likeness (QED) is 0.206. The molecule has 0 bridgehead atoms. The summed E-state index contributed by atoms with van der Waals surface area (Å²) in [5.74, 6) is 0.751. The molecule has 0 unspecified atom stereocenters. The van der Waals surface area contributed by atoms with Crippen LogP contribution in [0.5, 0.6) is 23.0 Å². The van der Waals surface area contributed by atoms with Crippen LogP contribution in [0, 0.1) is 5.82 Å². The highest BCUT2D eigenvalue weighted by molar-refractivity contribution is 7.07. The number of ether oxygens (including phenoxy) is 5. The van der Waals surface area contributed by atoms with Crippen molar-refractivity contribution in [1.29, 1.82) is 0 Å². The van der Waals surface area contributed by atoms with Gasteiger partial charge in [0.25, 0.3) is 5.56 Å². The molecule has 0 radical (unpaired) electrons. The van der Waals surface area contributed by atoms with E-state index >= 15 is 0 Å². The molecule has 1 aromatic heterocycles. The first kappa shape index (κ1) is 31.8. The molecule has 0 aliphatic carbocycles. The number of carbonyl (C=O) groups is 1. The van der Waals surface area contributed by atoms with Crippen molar-refractivity contribution in [2.24, 2.45) is 4.99 Å². The smallest absolute Gasteiger partial charge is 0.337 e. The van der Waals surface area contributed by atoms with Gasteiger partial charge in [-0.2, -0.15) is 0 Å². The Labute approximate surface area is 267 Å². The first-order valence-corrected chi connectivity index (χ1v) is 15.2. The lowest BCUT2D eigenvalue weighted by molar-refractivity contribution is -0.136. The summed E-state index contributed by atoms with van der Waals surface area (Å²) in [5.41, 5.74) is 1.78. The number of carbonyl (C=O) groups excluding carboxylic acids is 1. The first-order chi connectivity index (χ1) is 21.8. The minimum absolute atomic E-state index is 0.146. The molecule has 1 aliphatic rings. The Morgan fingerprint density at radius 2 is 1.73 bits per heavy atom. The van der Waals surface area contributed by atoms with Crippen molar-refractivity contribution < 1.29 is 32.9 Å². The van der Waals surface area contributed by atoms with Crippen molar-refractivity contribution in [3.05, 3.63) is 114 Å². The summed E-state index contributed by atoms with van der Waals surface area (Å²) in [5, 5.41) is 0.263. The fourth-order valence-electron chi connectivity index (χ4n) is 4.84. The number of hydrogen-bond donors (Lipinski definition) is 0. The number of methoxy groups -OCH3 is 2. The molecule has 9 nitrogen and oxygen atoms in total. The predicted octanol–water partition coefficient (Wildman–Crippen LogP) is 5.20. The zero-order valence-electron chi connectivity index (χ0n) is 25.0. The number of halogens is 2. The second-order valence-corrected chi connectivity index (χ2v) is 11.1. The molecule has 1 aliphatic heterocycles. The van der Waals surface area contributed by atoms with Crippen molar-refractivity contribution in [3.63, 3.8) is 0 Å². The Morgan fingerprint density at radius 1 is 1.00 bits per heavy atom. The highest BCUT2D eigenvalue weighted by Crippen LogP contribution is 2.38. The van der Waals surface area contributed by atoms with E-state index in [1.54, 1.807) is 48.5 Å². The molecular weight excluding hydrogens is 623 g/mol. The van der Waals surface area contributed by atoms with E-state index < -0.39 is 12.0 Å². The minimum atomic E-state index is -0.828. The number of thiazole rings is 1. The molecule has 4 aromatic rings. The summed E-state index contributed by atoms with van der Waals surface area (Å²) in [6.45, 7) is 4.72. The molecule has 45 heavy (non-hydrogen) atoms. The highest BCUT2D eigenvalue weighted by atomic mass is 35.5. The summed E-state index contributed by atoms with van der Waals surface area (Å²) in [4.78, 5) is 31.6. The van der Waals surface area contributed by atoms with E-state index in [1.165, 1.54) is 37.1 Å². The molecule has 3 aromatic carbocycles. The van der Waals surface area contributed by atoms with Crippen molar-refractivity contribution in [2.45, 2.75) is 26.5 Å². The molecule has 2 heterocycles. The van der Waals surface area contributed by atoms with Crippen LogP contribution in [-0.4, -0.2) is 38.0 Å². The van der Waals surface area contributed by atoms with E-state index in [1.807, 2.05) is 13.8 Å². The average molecular weight is 653 g/mol. The lowest BCUT2D eigenvalue weighted by Gasteiger charge is -2.23. The number of rotatable bonds is 11. The minimum Gasteiger partial charge on any atom is -0.493 e. The SMILES string of the molecule is CCOc1ccc([C@@H]2C(C(=O)OC)=CN=c3s/c(=C\c4cc(Cl)c(OCc5ccc(F)cc5)c(OC)c4)c(=O)n32)cc1OCC. The maximum absolute atomic E-state index is 14.0. The van der Waals surface area contributed by atoms with Gasteiger partial charge in [-0.05, 0) is 73.0 Å². The van der Waals surface area contributed by atoms with Crippen LogP contribution in [0.3, 0.4) is 0 Å². The summed E-state index contributed by atoms with van der Waals surface area (Å²) in [6, 6.07) is 13.8. The summed E-state index contributed by atoms with van der Waals surface area (Å²) in [7, 11) is 2.76. The number of nitrogens with zero attached hydrogens (tertiary/aromatic N) is 2. The van der Waals surface area contributed by atoms with Gasteiger partial charge in [0.15, 0.2) is 27.8 Å². The number of aromatic nitrogens is 1. The summed E-state index contributed by atoms with van der Waals surface area (Å²) < 4.78 is 43.1. The highest BCUT2D eigenvalue weighted by Gasteiger charge is 2.31. The van der Waals surface area contributed by atoms with Gasteiger partial charge < -0.3 is 23.7 Å². The zero-order valence-corrected chi connectivity index (χ0v) is 26.5. The molecule has 0 amide bonds. The maximum atomic E-state index is 14.0. The molecule has 234 valence electrons. The van der Waals surface area contributed by atoms with Gasteiger partial charge in [-0.25, -0.2) is 14.2 Å². The molecular formula is C33H30ClFN2O7S. The topological polar surface area (TPSA) is 97.6 Å². The van der Waals surface area contributed by atoms with Crippen LogP contribution in [-0.2, 0) is 16.1 Å². The zero-order chi connectivity index (χ0) is 32.1. The number of benzene rings is 3. The van der Waals surface area contributed by atoms with E-state index in [-0.39, 0.29) is 28.6 Å². The fourth-order valence-corrected chi connectivity index (χ4v) is 6.08. The van der Waals surface area contributed by atoms with Gasteiger partial charge in [0.1, 0.15) is 12.4 Å². The van der Waals surface area contributed by atoms with Crippen molar-refractivity contribution >= 4 is 35.0 Å². The molecule has 0 saturated heterocycles. The summed E-state index contributed by atoms with van der Waals surface area (Å²) in [6.07, 6.45) is 3.10. The molecule has 12 heteroatoms. The predicted molar refractivity (Wildman–Crippen MR) is 169 cm³/mol. The molecule has 0 fully saturated rings. The summed E-state index contributed by atoms with van der Waals surface area (Å²) >= 11 is 7.76. The second-order valence-electron chi connectivity index (χ2n) is 9.70. The van der Waals surface area contributed by atoms with Gasteiger partial charge in [-0.1, -0.05) is 41.1 Å². The second kappa shape index (κ2) is 14.0. The molecule has 0 spiro atoms. The Hall–Kier alpha value is -4.61. The number of hydrogen-bond acceptors (Lipinski definition) is 9.